The van der Waals surface area contributed by atoms with Crippen LogP contribution in [0.25, 0.3) is 22.5 Å². The standard InChI is InChI=1S/C30H39N7O/c1-5-6-9-25-19-37(28-21(4)8-7-10-26(28)20(2)3)30(38)36(25)18-24-17-31-16-15-27(24)22-11-13-23(14-12-22)29-32-34-35-33-29/h11-17,19-21,26,28H,5-10,18H2,1-4H3,(H,32,33,34,35). The van der Waals surface area contributed by atoms with E-state index in [-0.39, 0.29) is 11.7 Å². The number of aryl methyl sites for hydroxylation is 1. The zero-order chi connectivity index (χ0) is 26.6. The molecule has 1 aromatic carbocycles. The topological polar surface area (TPSA) is 94.3 Å². The summed E-state index contributed by atoms with van der Waals surface area (Å²) in [6, 6.07) is 10.4. The lowest BCUT2D eigenvalue weighted by molar-refractivity contribution is 0.126. The van der Waals surface area contributed by atoms with Crippen molar-refractivity contribution in [3.63, 3.8) is 0 Å². The third kappa shape index (κ3) is 5.22. The molecule has 0 spiro atoms. The van der Waals surface area contributed by atoms with Crippen LogP contribution in [0.5, 0.6) is 0 Å². The number of nitrogens with zero attached hydrogens (tertiary/aromatic N) is 6. The maximum atomic E-state index is 14.1. The van der Waals surface area contributed by atoms with Gasteiger partial charge in [-0.3, -0.25) is 14.1 Å². The number of H-pyrrole nitrogens is 1. The lowest BCUT2D eigenvalue weighted by atomic mass is 9.72. The van der Waals surface area contributed by atoms with Crippen LogP contribution in [0.15, 0.2) is 53.7 Å². The van der Waals surface area contributed by atoms with Crippen molar-refractivity contribution < 1.29 is 0 Å². The summed E-state index contributed by atoms with van der Waals surface area (Å²) < 4.78 is 4.10. The van der Waals surface area contributed by atoms with Gasteiger partial charge in [-0.2, -0.15) is 5.21 Å². The van der Waals surface area contributed by atoms with Crippen molar-refractivity contribution in [3.05, 3.63) is 70.7 Å². The highest BCUT2D eigenvalue weighted by molar-refractivity contribution is 5.69. The Morgan fingerprint density at radius 2 is 1.89 bits per heavy atom. The molecule has 3 aromatic heterocycles. The highest BCUT2D eigenvalue weighted by Gasteiger charge is 2.35. The molecule has 8 heteroatoms. The molecular formula is C30H39N7O. The van der Waals surface area contributed by atoms with Crippen LogP contribution in [-0.2, 0) is 13.0 Å². The van der Waals surface area contributed by atoms with E-state index in [4.69, 9.17) is 0 Å². The summed E-state index contributed by atoms with van der Waals surface area (Å²) in [5.41, 5.74) is 5.32. The van der Waals surface area contributed by atoms with Crippen LogP contribution in [0.4, 0.5) is 0 Å². The predicted octanol–water partition coefficient (Wildman–Crippen LogP) is 5.92. The van der Waals surface area contributed by atoms with Gasteiger partial charge in [0.1, 0.15) is 0 Å². The Morgan fingerprint density at radius 1 is 1.11 bits per heavy atom. The van der Waals surface area contributed by atoms with Crippen LogP contribution in [0, 0.1) is 17.8 Å². The van der Waals surface area contributed by atoms with Gasteiger partial charge in [-0.05, 0) is 71.4 Å². The Bertz CT molecular complexity index is 1380. The summed E-state index contributed by atoms with van der Waals surface area (Å²) in [7, 11) is 0. The second kappa shape index (κ2) is 11.5. The Labute approximate surface area is 224 Å². The molecule has 0 bridgehead atoms. The van der Waals surface area contributed by atoms with Gasteiger partial charge in [-0.1, -0.05) is 64.8 Å². The highest BCUT2D eigenvalue weighted by Crippen LogP contribution is 2.41. The molecule has 3 heterocycles. The normalized spacial score (nSPS) is 19.8. The second-order valence-electron chi connectivity index (χ2n) is 11.2. The van der Waals surface area contributed by atoms with E-state index in [1.165, 1.54) is 19.3 Å². The lowest BCUT2D eigenvalue weighted by Gasteiger charge is -2.39. The molecule has 0 saturated heterocycles. The Hall–Kier alpha value is -3.55. The first-order chi connectivity index (χ1) is 18.5. The third-order valence-corrected chi connectivity index (χ3v) is 8.30. The van der Waals surface area contributed by atoms with Crippen molar-refractivity contribution in [1.82, 2.24) is 34.7 Å². The van der Waals surface area contributed by atoms with Crippen LogP contribution in [0.2, 0.25) is 0 Å². The van der Waals surface area contributed by atoms with E-state index in [2.05, 4.69) is 76.2 Å². The second-order valence-corrected chi connectivity index (χ2v) is 11.2. The molecule has 4 aromatic rings. The maximum Gasteiger partial charge on any atom is 0.328 e. The fourth-order valence-corrected chi connectivity index (χ4v) is 6.22. The Balaban J connectivity index is 1.51. The molecule has 1 saturated carbocycles. The van der Waals surface area contributed by atoms with Gasteiger partial charge in [0.25, 0.3) is 0 Å². The molecule has 1 aliphatic rings. The molecular weight excluding hydrogens is 474 g/mol. The van der Waals surface area contributed by atoms with E-state index < -0.39 is 0 Å². The average Bonchev–Trinajstić information content (AvgIpc) is 3.57. The number of pyridine rings is 1. The number of benzene rings is 1. The molecule has 0 radical (unpaired) electrons. The fourth-order valence-electron chi connectivity index (χ4n) is 6.22. The predicted molar refractivity (Wildman–Crippen MR) is 150 cm³/mol. The summed E-state index contributed by atoms with van der Waals surface area (Å²) in [6.07, 6.45) is 12.6. The zero-order valence-corrected chi connectivity index (χ0v) is 23.0. The number of rotatable bonds is 9. The number of imidazole rings is 1. The van der Waals surface area contributed by atoms with Gasteiger partial charge in [0.15, 0.2) is 0 Å². The van der Waals surface area contributed by atoms with Crippen LogP contribution >= 0.6 is 0 Å². The molecule has 38 heavy (non-hydrogen) atoms. The SMILES string of the molecule is CCCCc1cn(C2C(C)CCCC2C(C)C)c(=O)n1Cc1cnccc1-c1ccc(-c2nn[nH]n2)cc1. The molecule has 0 amide bonds. The fraction of sp³-hybridized carbons (Fsp3) is 0.500. The van der Waals surface area contributed by atoms with Gasteiger partial charge in [0.05, 0.1) is 6.54 Å². The third-order valence-electron chi connectivity index (χ3n) is 8.30. The van der Waals surface area contributed by atoms with Gasteiger partial charge in [0.2, 0.25) is 5.82 Å². The van der Waals surface area contributed by atoms with Crippen LogP contribution < -0.4 is 5.69 Å². The van der Waals surface area contributed by atoms with Gasteiger partial charge >= 0.3 is 5.69 Å². The molecule has 5 rings (SSSR count). The molecule has 200 valence electrons. The summed E-state index contributed by atoms with van der Waals surface area (Å²) in [4.78, 5) is 18.5. The molecule has 1 aliphatic carbocycles. The largest absolute Gasteiger partial charge is 0.328 e. The first-order valence-electron chi connectivity index (χ1n) is 14.1. The van der Waals surface area contributed by atoms with Crippen molar-refractivity contribution in [2.75, 3.05) is 0 Å². The van der Waals surface area contributed by atoms with E-state index in [0.29, 0.717) is 30.1 Å². The number of aromatic amines is 1. The van der Waals surface area contributed by atoms with Crippen molar-refractivity contribution in [3.8, 4) is 22.5 Å². The molecule has 1 N–H and O–H groups in total. The smallest absolute Gasteiger partial charge is 0.295 e. The zero-order valence-electron chi connectivity index (χ0n) is 23.0. The number of hydrogen-bond acceptors (Lipinski definition) is 5. The molecule has 3 atom stereocenters. The van der Waals surface area contributed by atoms with Gasteiger partial charge < -0.3 is 0 Å². The minimum atomic E-state index is 0.114. The van der Waals surface area contributed by atoms with Crippen molar-refractivity contribution >= 4 is 0 Å². The maximum absolute atomic E-state index is 14.1. The van der Waals surface area contributed by atoms with Crippen LogP contribution in [0.1, 0.15) is 77.1 Å². The van der Waals surface area contributed by atoms with Crippen molar-refractivity contribution in [2.45, 2.75) is 78.8 Å². The lowest BCUT2D eigenvalue weighted by Crippen LogP contribution is -2.38. The van der Waals surface area contributed by atoms with E-state index in [1.54, 1.807) is 0 Å². The monoisotopic (exact) mass is 513 g/mol. The van der Waals surface area contributed by atoms with Crippen molar-refractivity contribution in [2.24, 2.45) is 17.8 Å². The van der Waals surface area contributed by atoms with Gasteiger partial charge in [-0.15, -0.1) is 10.2 Å². The number of tetrazole rings is 1. The van der Waals surface area contributed by atoms with Gasteiger partial charge in [0, 0.05) is 35.9 Å². The van der Waals surface area contributed by atoms with Gasteiger partial charge in [-0.25, -0.2) is 4.79 Å². The minimum absolute atomic E-state index is 0.114. The number of unbranched alkanes of at least 4 members (excludes halogenated alkanes) is 1. The Kier molecular flexibility index (Phi) is 7.86. The number of hydrogen-bond donors (Lipinski definition) is 1. The average molecular weight is 514 g/mol. The number of aromatic nitrogens is 7. The van der Waals surface area contributed by atoms with Crippen molar-refractivity contribution in [1.29, 1.82) is 0 Å². The van der Waals surface area contributed by atoms with Crippen LogP contribution in [0.3, 0.4) is 0 Å². The van der Waals surface area contributed by atoms with Crippen LogP contribution in [-0.4, -0.2) is 34.7 Å². The highest BCUT2D eigenvalue weighted by atomic mass is 16.1. The first-order valence-corrected chi connectivity index (χ1v) is 14.1. The molecule has 1 fully saturated rings. The molecule has 8 nitrogen and oxygen atoms in total. The quantitative estimate of drug-likeness (QED) is 0.300. The summed E-state index contributed by atoms with van der Waals surface area (Å²) in [5.74, 6) is 2.14. The summed E-state index contributed by atoms with van der Waals surface area (Å²) in [6.45, 7) is 9.65. The van der Waals surface area contributed by atoms with E-state index in [0.717, 1.165) is 47.2 Å². The molecule has 0 aliphatic heterocycles. The number of nitrogens with one attached hydrogen (secondary N) is 1. The van der Waals surface area contributed by atoms with E-state index in [9.17, 15) is 4.79 Å². The molecule has 3 unspecified atom stereocenters. The Morgan fingerprint density at radius 3 is 2.61 bits per heavy atom. The first kappa shape index (κ1) is 26.1. The van der Waals surface area contributed by atoms with E-state index in [1.807, 2.05) is 35.2 Å². The summed E-state index contributed by atoms with van der Waals surface area (Å²) >= 11 is 0. The minimum Gasteiger partial charge on any atom is -0.295 e. The summed E-state index contributed by atoms with van der Waals surface area (Å²) in [5, 5.41) is 14.3. The van der Waals surface area contributed by atoms with E-state index >= 15 is 0 Å².